The van der Waals surface area contributed by atoms with E-state index in [0.717, 1.165) is 61.6 Å². The van der Waals surface area contributed by atoms with E-state index in [2.05, 4.69) is 41.8 Å². The fourth-order valence-electron chi connectivity index (χ4n) is 7.24. The number of esters is 2. The van der Waals surface area contributed by atoms with Crippen LogP contribution in [-0.2, 0) is 59.5 Å². The second kappa shape index (κ2) is 28.0. The number of ether oxygens (including phenoxy) is 2. The van der Waals surface area contributed by atoms with Gasteiger partial charge in [-0.2, -0.15) is 0 Å². The lowest BCUT2D eigenvalue weighted by atomic mass is 9.87. The Bertz CT molecular complexity index is 1840. The Kier molecular flexibility index (Phi) is 22.0. The lowest BCUT2D eigenvalue weighted by Crippen LogP contribution is -2.52. The van der Waals surface area contributed by atoms with Crippen molar-refractivity contribution in [3.05, 3.63) is 144 Å². The molecule has 9 heteroatoms. The Morgan fingerprint density at radius 2 is 1.05 bits per heavy atom. The molecule has 0 saturated heterocycles. The zero-order valence-corrected chi connectivity index (χ0v) is 35.4. The number of rotatable bonds is 29. The van der Waals surface area contributed by atoms with Crippen molar-refractivity contribution in [1.29, 1.82) is 0 Å². The molecule has 3 unspecified atom stereocenters. The topological polar surface area (TPSA) is 128 Å². The predicted octanol–water partition coefficient (Wildman–Crippen LogP) is 9.59. The fourth-order valence-corrected chi connectivity index (χ4v) is 7.24. The first kappa shape index (κ1) is 47.1. The van der Waals surface area contributed by atoms with Gasteiger partial charge in [0.2, 0.25) is 11.8 Å². The summed E-state index contributed by atoms with van der Waals surface area (Å²) < 4.78 is 11.1. The fraction of sp³-hybridized carbons (Fsp3) is 0.431. The van der Waals surface area contributed by atoms with Crippen LogP contribution in [0.1, 0.15) is 119 Å². The normalized spacial score (nSPS) is 12.4. The van der Waals surface area contributed by atoms with Crippen LogP contribution in [0.3, 0.4) is 0 Å². The summed E-state index contributed by atoms with van der Waals surface area (Å²) in [6, 6.07) is 36.3. The molecule has 0 aromatic heterocycles. The average molecular weight is 817 g/mol. The van der Waals surface area contributed by atoms with Crippen LogP contribution in [0.2, 0.25) is 0 Å². The van der Waals surface area contributed by atoms with E-state index in [1.807, 2.05) is 97.1 Å². The number of nitrogens with one attached hydrogen (secondary N) is 2. The third-order valence-corrected chi connectivity index (χ3v) is 10.6. The summed E-state index contributed by atoms with van der Waals surface area (Å²) in [5.41, 5.74) is 3.95. The number of ketones is 1. The maximum Gasteiger partial charge on any atom is 0.328 e. The van der Waals surface area contributed by atoms with Crippen LogP contribution in [-0.4, -0.2) is 41.6 Å². The lowest BCUT2D eigenvalue weighted by Gasteiger charge is -2.23. The predicted molar refractivity (Wildman–Crippen MR) is 235 cm³/mol. The highest BCUT2D eigenvalue weighted by atomic mass is 16.5. The summed E-state index contributed by atoms with van der Waals surface area (Å²) in [6.45, 7) is 2.21. The van der Waals surface area contributed by atoms with Gasteiger partial charge in [-0.25, -0.2) is 4.79 Å². The molecule has 0 radical (unpaired) electrons. The van der Waals surface area contributed by atoms with Crippen LogP contribution in [0.15, 0.2) is 121 Å². The molecule has 0 aliphatic rings. The molecule has 0 aliphatic carbocycles. The SMILES string of the molecule is CCCCCCCCCC(=O)NC(CC(=O)CC(CCCc1ccccc1)Cc1ccccc1)C(=O)NC(CCC(=O)OCc1ccccc1)C(=O)OCc1ccccc1. The van der Waals surface area contributed by atoms with Gasteiger partial charge in [-0.3, -0.25) is 19.2 Å². The molecule has 60 heavy (non-hydrogen) atoms. The molecule has 0 spiro atoms. The van der Waals surface area contributed by atoms with Gasteiger partial charge in [-0.1, -0.05) is 167 Å². The Morgan fingerprint density at radius 3 is 1.65 bits per heavy atom. The number of amides is 2. The molecule has 0 fully saturated rings. The van der Waals surface area contributed by atoms with Crippen LogP contribution in [0.5, 0.6) is 0 Å². The van der Waals surface area contributed by atoms with Crippen molar-refractivity contribution in [1.82, 2.24) is 10.6 Å². The minimum atomic E-state index is -1.23. The molecule has 3 atom stereocenters. The molecule has 4 aromatic rings. The number of benzene rings is 4. The summed E-state index contributed by atoms with van der Waals surface area (Å²) in [7, 11) is 0. The maximum atomic E-state index is 14.1. The van der Waals surface area contributed by atoms with Gasteiger partial charge < -0.3 is 20.1 Å². The Morgan fingerprint density at radius 1 is 0.517 bits per heavy atom. The number of aryl methyl sites for hydroxylation is 1. The zero-order valence-electron chi connectivity index (χ0n) is 35.4. The molecule has 2 amide bonds. The number of Topliss-reactive ketones (excluding diaryl/α,β-unsaturated/α-hetero) is 1. The molecule has 0 bridgehead atoms. The second-order valence-electron chi connectivity index (χ2n) is 15.7. The largest absolute Gasteiger partial charge is 0.461 e. The minimum Gasteiger partial charge on any atom is -0.461 e. The van der Waals surface area contributed by atoms with Crippen LogP contribution in [0.25, 0.3) is 0 Å². The molecular formula is C51H64N2O7. The van der Waals surface area contributed by atoms with Gasteiger partial charge in [-0.15, -0.1) is 0 Å². The number of hydrogen-bond acceptors (Lipinski definition) is 7. The van der Waals surface area contributed by atoms with Gasteiger partial charge >= 0.3 is 11.9 Å². The highest BCUT2D eigenvalue weighted by Crippen LogP contribution is 2.22. The second-order valence-corrected chi connectivity index (χ2v) is 15.7. The standard InChI is InChI=1S/C51H64N2O7/c1-2-3-4-5-6-7-20-32-48(55)52-47(37-45(54)36-44(35-41-24-14-9-15-25-41)31-21-30-40-22-12-8-13-23-40)50(57)53-46(51(58)60-39-43-28-18-11-19-29-43)33-34-49(56)59-38-42-26-16-10-17-27-42/h8-19,22-29,44,46-47H,2-7,20-21,30-39H2,1H3,(H,52,55)(H,53,57). The van der Waals surface area contributed by atoms with Crippen LogP contribution in [0.4, 0.5) is 0 Å². The van der Waals surface area contributed by atoms with E-state index in [9.17, 15) is 24.0 Å². The van der Waals surface area contributed by atoms with Gasteiger partial charge in [0.1, 0.15) is 31.1 Å². The van der Waals surface area contributed by atoms with E-state index in [0.29, 0.717) is 12.8 Å². The van der Waals surface area contributed by atoms with Crippen molar-refractivity contribution in [2.45, 2.75) is 135 Å². The Labute approximate surface area is 357 Å². The van der Waals surface area contributed by atoms with Crippen molar-refractivity contribution in [2.75, 3.05) is 0 Å². The number of carbonyl (C=O) groups excluding carboxylic acids is 5. The smallest absolute Gasteiger partial charge is 0.328 e. The van der Waals surface area contributed by atoms with E-state index >= 15 is 0 Å². The average Bonchev–Trinajstić information content (AvgIpc) is 3.27. The van der Waals surface area contributed by atoms with E-state index in [4.69, 9.17) is 9.47 Å². The van der Waals surface area contributed by atoms with Gasteiger partial charge in [0.05, 0.1) is 0 Å². The molecule has 4 rings (SSSR count). The molecule has 320 valence electrons. The zero-order chi connectivity index (χ0) is 42.6. The quantitative estimate of drug-likeness (QED) is 0.0413. The van der Waals surface area contributed by atoms with Crippen LogP contribution < -0.4 is 10.6 Å². The van der Waals surface area contributed by atoms with Gasteiger partial charge in [0.15, 0.2) is 0 Å². The monoisotopic (exact) mass is 816 g/mol. The highest BCUT2D eigenvalue weighted by Gasteiger charge is 2.30. The van der Waals surface area contributed by atoms with E-state index < -0.39 is 29.9 Å². The van der Waals surface area contributed by atoms with Gasteiger partial charge in [0.25, 0.3) is 0 Å². The highest BCUT2D eigenvalue weighted by molar-refractivity contribution is 5.94. The molecular weight excluding hydrogens is 753 g/mol. The molecule has 2 N–H and O–H groups in total. The molecule has 0 heterocycles. The maximum absolute atomic E-state index is 14.1. The molecule has 9 nitrogen and oxygen atoms in total. The third-order valence-electron chi connectivity index (χ3n) is 10.6. The number of unbranched alkanes of at least 4 members (excludes halogenated alkanes) is 6. The Balaban J connectivity index is 1.46. The molecule has 0 aliphatic heterocycles. The first-order chi connectivity index (χ1) is 29.3. The summed E-state index contributed by atoms with van der Waals surface area (Å²) in [4.78, 5) is 67.8. The van der Waals surface area contributed by atoms with Crippen LogP contribution >= 0.6 is 0 Å². The number of hydrogen-bond donors (Lipinski definition) is 2. The first-order valence-electron chi connectivity index (χ1n) is 21.9. The van der Waals surface area contributed by atoms with Gasteiger partial charge in [0, 0.05) is 25.7 Å². The van der Waals surface area contributed by atoms with E-state index in [1.165, 1.54) is 18.4 Å². The molecule has 0 saturated carbocycles. The summed E-state index contributed by atoms with van der Waals surface area (Å²) in [5, 5.41) is 5.58. The van der Waals surface area contributed by atoms with E-state index in [-0.39, 0.29) is 62.9 Å². The summed E-state index contributed by atoms with van der Waals surface area (Å²) >= 11 is 0. The number of carbonyl (C=O) groups is 5. The minimum absolute atomic E-state index is 0.0262. The summed E-state index contributed by atoms with van der Waals surface area (Å²) in [6.07, 6.45) is 10.5. The van der Waals surface area contributed by atoms with E-state index in [1.54, 1.807) is 0 Å². The lowest BCUT2D eigenvalue weighted by molar-refractivity contribution is -0.150. The first-order valence-corrected chi connectivity index (χ1v) is 21.9. The van der Waals surface area contributed by atoms with Crippen molar-refractivity contribution < 1.29 is 33.4 Å². The molecule has 4 aromatic carbocycles. The van der Waals surface area contributed by atoms with Gasteiger partial charge in [-0.05, 0) is 66.7 Å². The summed E-state index contributed by atoms with van der Waals surface area (Å²) in [5.74, 6) is -2.41. The van der Waals surface area contributed by atoms with Crippen molar-refractivity contribution >= 4 is 29.5 Å². The third kappa shape index (κ3) is 19.5. The van der Waals surface area contributed by atoms with Crippen molar-refractivity contribution in [3.8, 4) is 0 Å². The Hall–Kier alpha value is -5.57. The van der Waals surface area contributed by atoms with Crippen LogP contribution in [0, 0.1) is 5.92 Å². The van der Waals surface area contributed by atoms with Crippen molar-refractivity contribution in [3.63, 3.8) is 0 Å². The van der Waals surface area contributed by atoms with Crippen molar-refractivity contribution in [2.24, 2.45) is 5.92 Å².